The van der Waals surface area contributed by atoms with Crippen molar-refractivity contribution in [2.75, 3.05) is 11.9 Å². The fraction of sp³-hybridized carbons (Fsp3) is 0.625. The van der Waals surface area contributed by atoms with E-state index in [0.29, 0.717) is 18.0 Å². The molecule has 0 aliphatic heterocycles. The summed E-state index contributed by atoms with van der Waals surface area (Å²) < 4.78 is 5.35. The van der Waals surface area contributed by atoms with Crippen LogP contribution in [0, 0.1) is 10.1 Å². The normalized spacial score (nSPS) is 12.0. The highest BCUT2D eigenvalue weighted by Gasteiger charge is 2.21. The highest BCUT2D eigenvalue weighted by Crippen LogP contribution is 2.35. The van der Waals surface area contributed by atoms with Gasteiger partial charge in [0.15, 0.2) is 5.75 Å². The molecule has 0 heterocycles. The molecule has 0 amide bonds. The van der Waals surface area contributed by atoms with Gasteiger partial charge in [0.25, 0.3) is 0 Å². The number of nitro groups is 1. The van der Waals surface area contributed by atoms with Gasteiger partial charge < -0.3 is 10.1 Å². The van der Waals surface area contributed by atoms with Crippen molar-refractivity contribution in [3.05, 3.63) is 28.3 Å². The third-order valence-corrected chi connectivity index (χ3v) is 3.37. The summed E-state index contributed by atoms with van der Waals surface area (Å²) in [6.07, 6.45) is 5.82. The van der Waals surface area contributed by atoms with Crippen molar-refractivity contribution in [3.63, 3.8) is 0 Å². The predicted molar refractivity (Wildman–Crippen MR) is 86.1 cm³/mol. The number of hydrogen-bond acceptors (Lipinski definition) is 4. The third kappa shape index (κ3) is 5.61. The summed E-state index contributed by atoms with van der Waals surface area (Å²) in [5.41, 5.74) is 0.564. The van der Waals surface area contributed by atoms with E-state index in [-0.39, 0.29) is 16.7 Å². The standard InChI is InChI=1S/C16H26N2O3/c1-4-6-7-8-10-13(3)17-14-11-9-12-15(21-5-2)16(14)18(19)20/h9,11-13,17H,4-8,10H2,1-3H3. The Kier molecular flexibility index (Phi) is 7.58. The number of nitrogens with zero attached hydrogens (tertiary/aromatic N) is 1. The number of hydrogen-bond donors (Lipinski definition) is 1. The average Bonchev–Trinajstić information content (AvgIpc) is 2.44. The zero-order chi connectivity index (χ0) is 15.7. The fourth-order valence-corrected chi connectivity index (χ4v) is 2.31. The Bertz CT molecular complexity index is 449. The van der Waals surface area contributed by atoms with Crippen LogP contribution in [-0.2, 0) is 0 Å². The van der Waals surface area contributed by atoms with Gasteiger partial charge in [0.05, 0.1) is 11.5 Å². The van der Waals surface area contributed by atoms with Crippen molar-refractivity contribution in [2.45, 2.75) is 58.9 Å². The lowest BCUT2D eigenvalue weighted by Gasteiger charge is -2.16. The van der Waals surface area contributed by atoms with Crippen molar-refractivity contribution in [3.8, 4) is 5.75 Å². The minimum atomic E-state index is -0.378. The maximum absolute atomic E-state index is 11.3. The molecule has 0 saturated heterocycles. The SMILES string of the molecule is CCCCCCC(C)Nc1cccc(OCC)c1[N+](=O)[O-]. The van der Waals surface area contributed by atoms with Crippen LogP contribution < -0.4 is 10.1 Å². The van der Waals surface area contributed by atoms with Crippen LogP contribution >= 0.6 is 0 Å². The zero-order valence-corrected chi connectivity index (χ0v) is 13.2. The topological polar surface area (TPSA) is 64.4 Å². The number of nitro benzene ring substituents is 1. The highest BCUT2D eigenvalue weighted by atomic mass is 16.6. The maximum atomic E-state index is 11.3. The number of nitrogens with one attached hydrogen (secondary N) is 1. The zero-order valence-electron chi connectivity index (χ0n) is 13.2. The van der Waals surface area contributed by atoms with E-state index in [1.807, 2.05) is 6.92 Å². The number of benzene rings is 1. The molecule has 0 aliphatic carbocycles. The van der Waals surface area contributed by atoms with Gasteiger partial charge in [-0.05, 0) is 32.4 Å². The van der Waals surface area contributed by atoms with Crippen LogP contribution in [0.4, 0.5) is 11.4 Å². The molecule has 0 bridgehead atoms. The van der Waals surface area contributed by atoms with Crippen molar-refractivity contribution in [1.29, 1.82) is 0 Å². The first kappa shape index (κ1) is 17.3. The second kappa shape index (κ2) is 9.21. The predicted octanol–water partition coefficient (Wildman–Crippen LogP) is 4.76. The van der Waals surface area contributed by atoms with Gasteiger partial charge in [-0.1, -0.05) is 38.7 Å². The summed E-state index contributed by atoms with van der Waals surface area (Å²) in [5.74, 6) is 0.325. The average molecular weight is 294 g/mol. The Morgan fingerprint density at radius 3 is 2.67 bits per heavy atom. The van der Waals surface area contributed by atoms with Crippen molar-refractivity contribution in [2.24, 2.45) is 0 Å². The number of unbranched alkanes of at least 4 members (excludes halogenated alkanes) is 3. The quantitative estimate of drug-likeness (QED) is 0.384. The molecule has 1 rings (SSSR count). The fourth-order valence-electron chi connectivity index (χ4n) is 2.31. The lowest BCUT2D eigenvalue weighted by molar-refractivity contribution is -0.385. The van der Waals surface area contributed by atoms with Crippen LogP contribution in [-0.4, -0.2) is 17.6 Å². The van der Waals surface area contributed by atoms with E-state index in [2.05, 4.69) is 19.2 Å². The summed E-state index contributed by atoms with van der Waals surface area (Å²) in [6.45, 7) is 6.48. The van der Waals surface area contributed by atoms with Crippen molar-refractivity contribution in [1.82, 2.24) is 0 Å². The second-order valence-corrected chi connectivity index (χ2v) is 5.24. The molecule has 21 heavy (non-hydrogen) atoms. The first-order valence-corrected chi connectivity index (χ1v) is 7.76. The summed E-state index contributed by atoms with van der Waals surface area (Å²) >= 11 is 0. The van der Waals surface area contributed by atoms with E-state index >= 15 is 0 Å². The van der Waals surface area contributed by atoms with Crippen LogP contribution in [0.2, 0.25) is 0 Å². The van der Waals surface area contributed by atoms with Crippen LogP contribution in [0.3, 0.4) is 0 Å². The van der Waals surface area contributed by atoms with Gasteiger partial charge in [-0.25, -0.2) is 0 Å². The van der Waals surface area contributed by atoms with E-state index in [9.17, 15) is 10.1 Å². The van der Waals surface area contributed by atoms with Crippen LogP contribution in [0.15, 0.2) is 18.2 Å². The van der Waals surface area contributed by atoms with Gasteiger partial charge in [-0.15, -0.1) is 0 Å². The van der Waals surface area contributed by atoms with E-state index in [1.165, 1.54) is 19.3 Å². The van der Waals surface area contributed by atoms with Gasteiger partial charge in [0.1, 0.15) is 5.69 Å². The molecule has 5 heteroatoms. The minimum Gasteiger partial charge on any atom is -0.487 e. The number of anilines is 1. The molecule has 1 aromatic carbocycles. The molecule has 0 spiro atoms. The first-order valence-electron chi connectivity index (χ1n) is 7.76. The van der Waals surface area contributed by atoms with Crippen LogP contribution in [0.1, 0.15) is 52.9 Å². The molecule has 0 fully saturated rings. The van der Waals surface area contributed by atoms with Crippen molar-refractivity contribution >= 4 is 11.4 Å². The Balaban J connectivity index is 2.73. The minimum absolute atomic E-state index is 0.0276. The Labute approximate surface area is 126 Å². The van der Waals surface area contributed by atoms with Gasteiger partial charge in [0, 0.05) is 6.04 Å². The highest BCUT2D eigenvalue weighted by molar-refractivity contribution is 5.68. The largest absolute Gasteiger partial charge is 0.487 e. The molecule has 0 aromatic heterocycles. The molecule has 1 aromatic rings. The molecule has 0 aliphatic rings. The third-order valence-electron chi connectivity index (χ3n) is 3.37. The van der Waals surface area contributed by atoms with Gasteiger partial charge >= 0.3 is 5.69 Å². The monoisotopic (exact) mass is 294 g/mol. The molecule has 5 nitrogen and oxygen atoms in total. The van der Waals surface area contributed by atoms with E-state index in [1.54, 1.807) is 18.2 Å². The molecule has 1 N–H and O–H groups in total. The summed E-state index contributed by atoms with van der Waals surface area (Å²) in [6, 6.07) is 5.36. The number of para-hydroxylation sites is 1. The Hall–Kier alpha value is -1.78. The van der Waals surface area contributed by atoms with Gasteiger partial charge in [-0.3, -0.25) is 10.1 Å². The Morgan fingerprint density at radius 1 is 1.29 bits per heavy atom. The van der Waals surface area contributed by atoms with E-state index in [0.717, 1.165) is 12.8 Å². The molecule has 1 atom stereocenters. The van der Waals surface area contributed by atoms with E-state index in [4.69, 9.17) is 4.74 Å². The molecule has 118 valence electrons. The summed E-state index contributed by atoms with van der Waals surface area (Å²) in [5, 5.41) is 14.5. The lowest BCUT2D eigenvalue weighted by Crippen LogP contribution is -2.16. The van der Waals surface area contributed by atoms with Gasteiger partial charge in [-0.2, -0.15) is 0 Å². The maximum Gasteiger partial charge on any atom is 0.333 e. The summed E-state index contributed by atoms with van der Waals surface area (Å²) in [4.78, 5) is 10.9. The summed E-state index contributed by atoms with van der Waals surface area (Å²) in [7, 11) is 0. The second-order valence-electron chi connectivity index (χ2n) is 5.24. The first-order chi connectivity index (χ1) is 10.1. The van der Waals surface area contributed by atoms with Gasteiger partial charge in [0.2, 0.25) is 0 Å². The molecule has 0 saturated carbocycles. The van der Waals surface area contributed by atoms with Crippen molar-refractivity contribution < 1.29 is 9.66 Å². The lowest BCUT2D eigenvalue weighted by atomic mass is 10.1. The molecule has 0 radical (unpaired) electrons. The molecular weight excluding hydrogens is 268 g/mol. The number of ether oxygens (including phenoxy) is 1. The number of rotatable bonds is 10. The van der Waals surface area contributed by atoms with E-state index < -0.39 is 0 Å². The molecule has 1 unspecified atom stereocenters. The Morgan fingerprint density at radius 2 is 2.05 bits per heavy atom. The van der Waals surface area contributed by atoms with Crippen LogP contribution in [0.5, 0.6) is 5.75 Å². The molecular formula is C16H26N2O3. The van der Waals surface area contributed by atoms with Crippen LogP contribution in [0.25, 0.3) is 0 Å². The smallest absolute Gasteiger partial charge is 0.333 e.